The summed E-state index contributed by atoms with van der Waals surface area (Å²) in [5.74, 6) is 0.126. The van der Waals surface area contributed by atoms with Crippen molar-refractivity contribution in [2.75, 3.05) is 23.3 Å². The van der Waals surface area contributed by atoms with Crippen LogP contribution in [0.2, 0.25) is 0 Å². The number of aliphatic hydroxyl groups excluding tert-OH is 1. The molecule has 0 spiro atoms. The second-order valence-electron chi connectivity index (χ2n) is 5.92. The summed E-state index contributed by atoms with van der Waals surface area (Å²) in [5.41, 5.74) is 0.960. The van der Waals surface area contributed by atoms with Gasteiger partial charge in [0.25, 0.3) is 0 Å². The first-order chi connectivity index (χ1) is 11.6. The number of benzene rings is 1. The minimum atomic E-state index is -1.04. The maximum absolute atomic E-state index is 13.2. The van der Waals surface area contributed by atoms with Gasteiger partial charge in [-0.05, 0) is 42.7 Å². The third-order valence-corrected chi connectivity index (χ3v) is 4.07. The molecule has 0 bridgehead atoms. The van der Waals surface area contributed by atoms with Crippen molar-refractivity contribution < 1.29 is 14.3 Å². The highest BCUT2D eigenvalue weighted by molar-refractivity contribution is 5.91. The number of rotatable bonds is 5. The fourth-order valence-corrected chi connectivity index (χ4v) is 2.81. The van der Waals surface area contributed by atoms with Crippen LogP contribution in [0.4, 0.5) is 15.9 Å². The maximum Gasteiger partial charge on any atom is 0.227 e. The summed E-state index contributed by atoms with van der Waals surface area (Å²) >= 11 is 0. The molecule has 0 saturated carbocycles. The summed E-state index contributed by atoms with van der Waals surface area (Å²) < 4.78 is 13.2. The number of nitrogens with zero attached hydrogens (tertiary/aromatic N) is 2. The Morgan fingerprint density at radius 1 is 1.29 bits per heavy atom. The number of aliphatic hydroxyl groups is 1. The van der Waals surface area contributed by atoms with Crippen LogP contribution in [0.5, 0.6) is 0 Å². The summed E-state index contributed by atoms with van der Waals surface area (Å²) in [5, 5.41) is 12.7. The first kappa shape index (κ1) is 16.4. The number of pyridine rings is 1. The molecule has 1 aromatic carbocycles. The van der Waals surface area contributed by atoms with E-state index in [0.717, 1.165) is 18.9 Å². The Morgan fingerprint density at radius 2 is 2.08 bits per heavy atom. The van der Waals surface area contributed by atoms with Crippen molar-refractivity contribution >= 4 is 17.4 Å². The van der Waals surface area contributed by atoms with Crippen LogP contribution in [-0.4, -0.2) is 29.1 Å². The van der Waals surface area contributed by atoms with Gasteiger partial charge in [-0.3, -0.25) is 4.79 Å². The van der Waals surface area contributed by atoms with E-state index in [2.05, 4.69) is 15.2 Å². The third kappa shape index (κ3) is 4.08. The molecule has 1 unspecified atom stereocenters. The van der Waals surface area contributed by atoms with E-state index in [1.807, 2.05) is 6.07 Å². The molecule has 2 heterocycles. The zero-order valence-corrected chi connectivity index (χ0v) is 13.3. The topological polar surface area (TPSA) is 65.5 Å². The Balaban J connectivity index is 1.56. The molecule has 1 fully saturated rings. The Labute approximate surface area is 140 Å². The molecule has 1 aliphatic heterocycles. The monoisotopic (exact) mass is 329 g/mol. The van der Waals surface area contributed by atoms with E-state index >= 15 is 0 Å². The molecule has 0 aliphatic carbocycles. The second kappa shape index (κ2) is 7.40. The number of anilines is 2. The first-order valence-electron chi connectivity index (χ1n) is 8.06. The summed E-state index contributed by atoms with van der Waals surface area (Å²) in [7, 11) is 0. The van der Waals surface area contributed by atoms with Crippen molar-refractivity contribution in [1.82, 2.24) is 4.98 Å². The highest BCUT2D eigenvalue weighted by Crippen LogP contribution is 2.21. The lowest BCUT2D eigenvalue weighted by Crippen LogP contribution is -2.19. The average Bonchev–Trinajstić information content (AvgIpc) is 3.10. The number of hydrogen-bond acceptors (Lipinski definition) is 4. The molecule has 5 nitrogen and oxygen atoms in total. The van der Waals surface area contributed by atoms with Crippen molar-refractivity contribution in [2.24, 2.45) is 0 Å². The molecule has 1 aromatic heterocycles. The summed E-state index contributed by atoms with van der Waals surface area (Å²) in [6.07, 6.45) is 2.78. The van der Waals surface area contributed by atoms with Crippen molar-refractivity contribution in [2.45, 2.75) is 25.4 Å². The van der Waals surface area contributed by atoms with E-state index in [9.17, 15) is 14.3 Å². The van der Waals surface area contributed by atoms with Gasteiger partial charge < -0.3 is 15.3 Å². The molecule has 1 atom stereocenters. The number of halogens is 1. The fraction of sp³-hybridized carbons (Fsp3) is 0.333. The first-order valence-corrected chi connectivity index (χ1v) is 8.06. The number of carbonyl (C=O) groups excluding carboxylic acids is 1. The largest absolute Gasteiger partial charge is 0.388 e. The van der Waals surface area contributed by atoms with E-state index in [-0.39, 0.29) is 12.3 Å². The van der Waals surface area contributed by atoms with Crippen molar-refractivity contribution in [3.05, 3.63) is 54.0 Å². The highest BCUT2D eigenvalue weighted by Gasteiger charge is 2.15. The molecule has 2 aromatic rings. The van der Waals surface area contributed by atoms with Crippen molar-refractivity contribution in [3.8, 4) is 0 Å². The Kier molecular flexibility index (Phi) is 5.05. The van der Waals surface area contributed by atoms with Crippen molar-refractivity contribution in [3.63, 3.8) is 0 Å². The molecular weight excluding hydrogens is 309 g/mol. The molecule has 2 N–H and O–H groups in total. The van der Waals surface area contributed by atoms with Gasteiger partial charge in [0.2, 0.25) is 5.91 Å². The fourth-order valence-electron chi connectivity index (χ4n) is 2.81. The van der Waals surface area contributed by atoms with Gasteiger partial charge in [0, 0.05) is 13.1 Å². The zero-order chi connectivity index (χ0) is 16.9. The van der Waals surface area contributed by atoms with E-state index in [0.29, 0.717) is 11.3 Å². The van der Waals surface area contributed by atoms with Crippen molar-refractivity contribution in [1.29, 1.82) is 0 Å². The van der Waals surface area contributed by atoms with Crippen LogP contribution in [0.15, 0.2) is 42.6 Å². The number of carbonyl (C=O) groups is 1. The molecule has 1 aliphatic rings. The molecule has 0 radical (unpaired) electrons. The molecule has 3 rings (SSSR count). The van der Waals surface area contributed by atoms with E-state index < -0.39 is 11.9 Å². The molecule has 126 valence electrons. The quantitative estimate of drug-likeness (QED) is 0.885. The minimum Gasteiger partial charge on any atom is -0.388 e. The van der Waals surface area contributed by atoms with Crippen LogP contribution in [0.1, 0.15) is 30.9 Å². The smallest absolute Gasteiger partial charge is 0.227 e. The summed E-state index contributed by atoms with van der Waals surface area (Å²) in [6, 6.07) is 9.30. The van der Waals surface area contributed by atoms with Gasteiger partial charge in [-0.1, -0.05) is 12.1 Å². The van der Waals surface area contributed by atoms with Crippen LogP contribution in [0, 0.1) is 5.82 Å². The minimum absolute atomic E-state index is 0.142. The van der Waals surface area contributed by atoms with Crippen LogP contribution < -0.4 is 10.2 Å². The SMILES string of the molecule is O=C(CC(O)c1cccc(F)c1)Nc1ccc(N2CCCC2)nc1. The number of amides is 1. The number of hydrogen-bond donors (Lipinski definition) is 2. The van der Waals surface area contributed by atoms with Crippen LogP contribution in [0.25, 0.3) is 0 Å². The highest BCUT2D eigenvalue weighted by atomic mass is 19.1. The zero-order valence-electron chi connectivity index (χ0n) is 13.3. The summed E-state index contributed by atoms with van der Waals surface area (Å²) in [4.78, 5) is 18.6. The predicted molar refractivity (Wildman–Crippen MR) is 90.3 cm³/mol. The van der Waals surface area contributed by atoms with Gasteiger partial charge in [-0.2, -0.15) is 0 Å². The van der Waals surface area contributed by atoms with E-state index in [1.165, 1.54) is 31.0 Å². The van der Waals surface area contributed by atoms with E-state index in [1.54, 1.807) is 18.3 Å². The predicted octanol–water partition coefficient (Wildman–Crippen LogP) is 2.88. The summed E-state index contributed by atoms with van der Waals surface area (Å²) in [6.45, 7) is 2.02. The van der Waals surface area contributed by atoms with Gasteiger partial charge in [0.05, 0.1) is 24.4 Å². The second-order valence-corrected chi connectivity index (χ2v) is 5.92. The van der Waals surface area contributed by atoms with Crippen LogP contribution >= 0.6 is 0 Å². The normalized spacial score (nSPS) is 15.3. The Hall–Kier alpha value is -2.47. The van der Waals surface area contributed by atoms with Gasteiger partial charge in [-0.15, -0.1) is 0 Å². The van der Waals surface area contributed by atoms with Gasteiger partial charge in [0.15, 0.2) is 0 Å². The van der Waals surface area contributed by atoms with Gasteiger partial charge in [-0.25, -0.2) is 9.37 Å². The average molecular weight is 329 g/mol. The van der Waals surface area contributed by atoms with E-state index in [4.69, 9.17) is 0 Å². The lowest BCUT2D eigenvalue weighted by atomic mass is 10.1. The van der Waals surface area contributed by atoms with Crippen LogP contribution in [-0.2, 0) is 4.79 Å². The maximum atomic E-state index is 13.2. The standard InChI is InChI=1S/C18H20FN3O2/c19-14-5-3-4-13(10-14)16(23)11-18(24)21-15-6-7-17(20-12-15)22-8-1-2-9-22/h3-7,10,12,16,23H,1-2,8-9,11H2,(H,21,24). The lowest BCUT2D eigenvalue weighted by molar-refractivity contribution is -0.118. The molecule has 6 heteroatoms. The molecule has 1 amide bonds. The number of aromatic nitrogens is 1. The van der Waals surface area contributed by atoms with Gasteiger partial charge >= 0.3 is 0 Å². The lowest BCUT2D eigenvalue weighted by Gasteiger charge is -2.16. The molecular formula is C18H20FN3O2. The number of nitrogens with one attached hydrogen (secondary N) is 1. The molecule has 1 saturated heterocycles. The Morgan fingerprint density at radius 3 is 2.75 bits per heavy atom. The third-order valence-electron chi connectivity index (χ3n) is 4.07. The van der Waals surface area contributed by atoms with Crippen LogP contribution in [0.3, 0.4) is 0 Å². The molecule has 24 heavy (non-hydrogen) atoms. The van der Waals surface area contributed by atoms with Gasteiger partial charge in [0.1, 0.15) is 11.6 Å². The Bertz CT molecular complexity index is 700.